The standard InChI is InChI=1S/C21H21NO3/c1-15-7-5-10-19(16(15)2)21(24)22(14-18-9-6-12-25-18)13-17-8-3-4-11-20(17)23/h3-12,23H,13-14H2,1-2H3. The summed E-state index contributed by atoms with van der Waals surface area (Å²) >= 11 is 0. The molecular formula is C21H21NO3. The summed E-state index contributed by atoms with van der Waals surface area (Å²) in [7, 11) is 0. The molecule has 0 unspecified atom stereocenters. The first-order chi connectivity index (χ1) is 12.1. The van der Waals surface area contributed by atoms with Gasteiger partial charge in [-0.15, -0.1) is 0 Å². The van der Waals surface area contributed by atoms with E-state index in [4.69, 9.17) is 4.42 Å². The van der Waals surface area contributed by atoms with E-state index >= 15 is 0 Å². The van der Waals surface area contributed by atoms with Gasteiger partial charge in [-0.25, -0.2) is 0 Å². The highest BCUT2D eigenvalue weighted by Gasteiger charge is 2.21. The highest BCUT2D eigenvalue weighted by atomic mass is 16.3. The number of para-hydroxylation sites is 1. The molecule has 3 aromatic rings. The van der Waals surface area contributed by atoms with Crippen LogP contribution in [0.1, 0.15) is 32.8 Å². The SMILES string of the molecule is Cc1cccc(C(=O)N(Cc2ccco2)Cc2ccccc2O)c1C. The molecule has 0 bridgehead atoms. The van der Waals surface area contributed by atoms with Crippen LogP contribution < -0.4 is 0 Å². The van der Waals surface area contributed by atoms with Crippen molar-refractivity contribution in [1.82, 2.24) is 4.90 Å². The molecule has 0 radical (unpaired) electrons. The van der Waals surface area contributed by atoms with Crippen molar-refractivity contribution < 1.29 is 14.3 Å². The number of phenols is 1. The Labute approximate surface area is 147 Å². The van der Waals surface area contributed by atoms with E-state index in [9.17, 15) is 9.90 Å². The first-order valence-electron chi connectivity index (χ1n) is 8.21. The summed E-state index contributed by atoms with van der Waals surface area (Å²) in [5, 5.41) is 10.1. The Balaban J connectivity index is 1.94. The zero-order valence-electron chi connectivity index (χ0n) is 14.4. The normalized spacial score (nSPS) is 10.6. The molecule has 1 amide bonds. The van der Waals surface area contributed by atoms with Crippen molar-refractivity contribution in [3.05, 3.63) is 88.9 Å². The summed E-state index contributed by atoms with van der Waals surface area (Å²) in [4.78, 5) is 14.9. The van der Waals surface area contributed by atoms with Crippen molar-refractivity contribution in [3.8, 4) is 5.75 Å². The summed E-state index contributed by atoms with van der Waals surface area (Å²) in [6.45, 7) is 4.59. The molecule has 0 saturated heterocycles. The van der Waals surface area contributed by atoms with Crippen LogP contribution in [0.3, 0.4) is 0 Å². The molecule has 25 heavy (non-hydrogen) atoms. The molecule has 0 aliphatic carbocycles. The van der Waals surface area contributed by atoms with Crippen LogP contribution in [0.4, 0.5) is 0 Å². The Morgan fingerprint density at radius 3 is 2.52 bits per heavy atom. The molecule has 0 atom stereocenters. The summed E-state index contributed by atoms with van der Waals surface area (Å²) in [5.41, 5.74) is 3.41. The minimum absolute atomic E-state index is 0.0825. The number of benzene rings is 2. The zero-order valence-corrected chi connectivity index (χ0v) is 14.4. The fraction of sp³-hybridized carbons (Fsp3) is 0.190. The predicted octanol–water partition coefficient (Wildman–Crippen LogP) is 4.44. The van der Waals surface area contributed by atoms with Gasteiger partial charge in [0.15, 0.2) is 0 Å². The number of carbonyl (C=O) groups excluding carboxylic acids is 1. The van der Waals surface area contributed by atoms with Gasteiger partial charge in [0, 0.05) is 11.1 Å². The number of nitrogens with zero attached hydrogens (tertiary/aromatic N) is 1. The molecule has 0 spiro atoms. The quantitative estimate of drug-likeness (QED) is 0.750. The highest BCUT2D eigenvalue weighted by molar-refractivity contribution is 5.95. The first-order valence-corrected chi connectivity index (χ1v) is 8.21. The van der Waals surface area contributed by atoms with Crippen LogP contribution in [-0.2, 0) is 13.1 Å². The Hall–Kier alpha value is -3.01. The molecule has 0 aliphatic rings. The van der Waals surface area contributed by atoms with E-state index in [2.05, 4.69) is 0 Å². The summed E-state index contributed by atoms with van der Waals surface area (Å²) in [6, 6.07) is 16.4. The van der Waals surface area contributed by atoms with Gasteiger partial charge in [-0.05, 0) is 49.2 Å². The number of furan rings is 1. The number of aryl methyl sites for hydroxylation is 1. The van der Waals surface area contributed by atoms with E-state index < -0.39 is 0 Å². The third-order valence-corrected chi connectivity index (χ3v) is 4.40. The smallest absolute Gasteiger partial charge is 0.254 e. The van der Waals surface area contributed by atoms with Gasteiger partial charge in [-0.3, -0.25) is 4.79 Å². The third kappa shape index (κ3) is 3.74. The number of amides is 1. The number of phenolic OH excluding ortho intramolecular Hbond substituents is 1. The lowest BCUT2D eigenvalue weighted by Gasteiger charge is -2.23. The van der Waals surface area contributed by atoms with Crippen LogP contribution in [0.15, 0.2) is 65.3 Å². The maximum absolute atomic E-state index is 13.2. The number of rotatable bonds is 5. The summed E-state index contributed by atoms with van der Waals surface area (Å²) in [6.07, 6.45) is 1.59. The van der Waals surface area contributed by atoms with Crippen molar-refractivity contribution in [3.63, 3.8) is 0 Å². The van der Waals surface area contributed by atoms with Crippen molar-refractivity contribution in [2.45, 2.75) is 26.9 Å². The second-order valence-corrected chi connectivity index (χ2v) is 6.12. The van der Waals surface area contributed by atoms with Crippen LogP contribution in [-0.4, -0.2) is 15.9 Å². The van der Waals surface area contributed by atoms with Crippen molar-refractivity contribution >= 4 is 5.91 Å². The topological polar surface area (TPSA) is 53.7 Å². The van der Waals surface area contributed by atoms with Crippen LogP contribution in [0, 0.1) is 13.8 Å². The highest BCUT2D eigenvalue weighted by Crippen LogP contribution is 2.22. The lowest BCUT2D eigenvalue weighted by atomic mass is 10.0. The fourth-order valence-electron chi connectivity index (χ4n) is 2.79. The number of aromatic hydroxyl groups is 1. The van der Waals surface area contributed by atoms with Gasteiger partial charge in [0.2, 0.25) is 0 Å². The second-order valence-electron chi connectivity index (χ2n) is 6.12. The largest absolute Gasteiger partial charge is 0.508 e. The van der Waals surface area contributed by atoms with Gasteiger partial charge in [0.1, 0.15) is 11.5 Å². The van der Waals surface area contributed by atoms with Gasteiger partial charge in [-0.1, -0.05) is 30.3 Å². The lowest BCUT2D eigenvalue weighted by molar-refractivity contribution is 0.0716. The predicted molar refractivity (Wildman–Crippen MR) is 96.3 cm³/mol. The minimum atomic E-state index is -0.0825. The average Bonchev–Trinajstić information content (AvgIpc) is 3.11. The average molecular weight is 335 g/mol. The Morgan fingerprint density at radius 2 is 1.80 bits per heavy atom. The third-order valence-electron chi connectivity index (χ3n) is 4.40. The molecule has 0 aliphatic heterocycles. The number of hydrogen-bond acceptors (Lipinski definition) is 3. The molecule has 0 saturated carbocycles. The number of hydrogen-bond donors (Lipinski definition) is 1. The lowest BCUT2D eigenvalue weighted by Crippen LogP contribution is -2.30. The van der Waals surface area contributed by atoms with Crippen LogP contribution in [0.2, 0.25) is 0 Å². The van der Waals surface area contributed by atoms with Gasteiger partial charge >= 0.3 is 0 Å². The van der Waals surface area contributed by atoms with Crippen LogP contribution >= 0.6 is 0 Å². The minimum Gasteiger partial charge on any atom is -0.508 e. The fourth-order valence-corrected chi connectivity index (χ4v) is 2.79. The molecule has 0 fully saturated rings. The van der Waals surface area contributed by atoms with E-state index in [-0.39, 0.29) is 11.7 Å². The molecule has 4 nitrogen and oxygen atoms in total. The molecule has 3 rings (SSSR count). The van der Waals surface area contributed by atoms with Crippen LogP contribution in [0.25, 0.3) is 0 Å². The van der Waals surface area contributed by atoms with E-state index in [1.54, 1.807) is 29.4 Å². The van der Waals surface area contributed by atoms with Crippen molar-refractivity contribution in [2.75, 3.05) is 0 Å². The molecule has 1 aromatic heterocycles. The monoisotopic (exact) mass is 335 g/mol. The van der Waals surface area contributed by atoms with Gasteiger partial charge in [0.05, 0.1) is 19.4 Å². The summed E-state index contributed by atoms with van der Waals surface area (Å²) in [5.74, 6) is 0.802. The number of carbonyl (C=O) groups is 1. The molecule has 1 heterocycles. The first kappa shape index (κ1) is 16.8. The Morgan fingerprint density at radius 1 is 1.00 bits per heavy atom. The molecule has 4 heteroatoms. The molecule has 2 aromatic carbocycles. The summed E-state index contributed by atoms with van der Waals surface area (Å²) < 4.78 is 5.42. The molecule has 128 valence electrons. The second kappa shape index (κ2) is 7.26. The van der Waals surface area contributed by atoms with Gasteiger partial charge < -0.3 is 14.4 Å². The zero-order chi connectivity index (χ0) is 17.8. The van der Waals surface area contributed by atoms with Crippen molar-refractivity contribution in [1.29, 1.82) is 0 Å². The Bertz CT molecular complexity index is 869. The van der Waals surface area contributed by atoms with E-state index in [0.717, 1.165) is 11.1 Å². The van der Waals surface area contributed by atoms with Gasteiger partial charge in [-0.2, -0.15) is 0 Å². The Kier molecular flexibility index (Phi) is 4.89. The van der Waals surface area contributed by atoms with E-state index in [1.165, 1.54) is 0 Å². The molecule has 1 N–H and O–H groups in total. The van der Waals surface area contributed by atoms with Crippen LogP contribution in [0.5, 0.6) is 5.75 Å². The molecular weight excluding hydrogens is 314 g/mol. The van der Waals surface area contributed by atoms with Gasteiger partial charge in [0.25, 0.3) is 5.91 Å². The van der Waals surface area contributed by atoms with Crippen molar-refractivity contribution in [2.24, 2.45) is 0 Å². The maximum atomic E-state index is 13.2. The van der Waals surface area contributed by atoms with E-state index in [1.807, 2.05) is 50.2 Å². The maximum Gasteiger partial charge on any atom is 0.254 e. The van der Waals surface area contributed by atoms with E-state index in [0.29, 0.717) is 30.0 Å².